The third-order valence-corrected chi connectivity index (χ3v) is 4.37. The second-order valence-corrected chi connectivity index (χ2v) is 6.11. The molecule has 0 saturated carbocycles. The Hall–Kier alpha value is -2.47. The monoisotopic (exact) mass is 325 g/mol. The Morgan fingerprint density at radius 2 is 2.00 bits per heavy atom. The second-order valence-electron chi connectivity index (χ2n) is 6.11. The van der Waals surface area contributed by atoms with Crippen molar-refractivity contribution in [3.05, 3.63) is 60.2 Å². The van der Waals surface area contributed by atoms with E-state index in [1.807, 2.05) is 41.3 Å². The summed E-state index contributed by atoms with van der Waals surface area (Å²) >= 11 is 0. The third kappa shape index (κ3) is 4.29. The summed E-state index contributed by atoms with van der Waals surface area (Å²) in [7, 11) is 2.06. The number of amides is 2. The van der Waals surface area contributed by atoms with E-state index in [-0.39, 0.29) is 6.03 Å². The number of hydrogen-bond acceptors (Lipinski definition) is 4. The van der Waals surface area contributed by atoms with Crippen molar-refractivity contribution >= 4 is 6.03 Å². The van der Waals surface area contributed by atoms with Crippen molar-refractivity contribution in [2.24, 2.45) is 0 Å². The van der Waals surface area contributed by atoms with Crippen molar-refractivity contribution in [1.29, 1.82) is 0 Å². The van der Waals surface area contributed by atoms with E-state index < -0.39 is 0 Å². The van der Waals surface area contributed by atoms with E-state index in [0.29, 0.717) is 19.1 Å². The van der Waals surface area contributed by atoms with Gasteiger partial charge in [0.1, 0.15) is 5.82 Å². The molecule has 1 atom stereocenters. The van der Waals surface area contributed by atoms with Crippen LogP contribution in [0.4, 0.5) is 4.79 Å². The van der Waals surface area contributed by atoms with Crippen molar-refractivity contribution in [2.75, 3.05) is 20.1 Å². The lowest BCUT2D eigenvalue weighted by Crippen LogP contribution is -2.41. The van der Waals surface area contributed by atoms with Gasteiger partial charge in [0.2, 0.25) is 0 Å². The highest BCUT2D eigenvalue weighted by Gasteiger charge is 2.28. The Balaban J connectivity index is 1.46. The molecule has 0 aliphatic carbocycles. The first-order chi connectivity index (χ1) is 11.7. The normalized spacial score (nSPS) is 17.2. The van der Waals surface area contributed by atoms with Crippen molar-refractivity contribution < 1.29 is 4.79 Å². The lowest BCUT2D eigenvalue weighted by Gasteiger charge is -2.24. The smallest absolute Gasteiger partial charge is 0.317 e. The van der Waals surface area contributed by atoms with E-state index in [4.69, 9.17) is 0 Å². The van der Waals surface area contributed by atoms with Crippen LogP contribution in [-0.2, 0) is 13.1 Å². The maximum absolute atomic E-state index is 12.3. The van der Waals surface area contributed by atoms with Gasteiger partial charge >= 0.3 is 6.03 Å². The van der Waals surface area contributed by atoms with Crippen molar-refractivity contribution in [3.63, 3.8) is 0 Å². The van der Waals surface area contributed by atoms with Gasteiger partial charge < -0.3 is 10.2 Å². The molecule has 2 aromatic rings. The van der Waals surface area contributed by atoms with Gasteiger partial charge in [-0.2, -0.15) is 0 Å². The number of nitrogens with one attached hydrogen (secondary N) is 1. The minimum absolute atomic E-state index is 0.00529. The Bertz CT molecular complexity index is 649. The van der Waals surface area contributed by atoms with E-state index in [1.165, 1.54) is 0 Å². The summed E-state index contributed by atoms with van der Waals surface area (Å²) in [6.45, 7) is 2.79. The van der Waals surface area contributed by atoms with Crippen LogP contribution >= 0.6 is 0 Å². The number of aromatic nitrogens is 2. The van der Waals surface area contributed by atoms with Gasteiger partial charge in [0, 0.05) is 38.1 Å². The lowest BCUT2D eigenvalue weighted by molar-refractivity contribution is 0.195. The molecule has 0 bridgehead atoms. The number of nitrogens with zero attached hydrogens (tertiary/aromatic N) is 4. The van der Waals surface area contributed by atoms with Gasteiger partial charge in [-0.1, -0.05) is 30.3 Å². The summed E-state index contributed by atoms with van der Waals surface area (Å²) in [6, 6.07) is 12.1. The first kappa shape index (κ1) is 16.4. The van der Waals surface area contributed by atoms with Crippen molar-refractivity contribution in [1.82, 2.24) is 25.1 Å². The molecular weight excluding hydrogens is 302 g/mol. The summed E-state index contributed by atoms with van der Waals surface area (Å²) in [6.07, 6.45) is 4.49. The fraction of sp³-hybridized carbons (Fsp3) is 0.389. The Labute approximate surface area is 142 Å². The van der Waals surface area contributed by atoms with Crippen LogP contribution in [0, 0.1) is 0 Å². The molecule has 2 heterocycles. The molecule has 6 heteroatoms. The average Bonchev–Trinajstić information content (AvgIpc) is 3.12. The summed E-state index contributed by atoms with van der Waals surface area (Å²) < 4.78 is 0. The molecule has 24 heavy (non-hydrogen) atoms. The summed E-state index contributed by atoms with van der Waals surface area (Å²) in [5, 5.41) is 2.99. The van der Waals surface area contributed by atoms with Gasteiger partial charge in [-0.05, 0) is 25.1 Å². The Kier molecular flexibility index (Phi) is 5.38. The first-order valence-electron chi connectivity index (χ1n) is 8.25. The quantitative estimate of drug-likeness (QED) is 0.912. The molecule has 1 aromatic carbocycles. The standard InChI is InChI=1S/C18H23N5O/c1-22(14-17-19-9-5-10-20-17)16-8-11-23(13-16)18(24)21-12-15-6-3-2-4-7-15/h2-7,9-10,16H,8,11-14H2,1H3,(H,21,24). The molecule has 0 spiro atoms. The van der Waals surface area contributed by atoms with E-state index in [0.717, 1.165) is 30.9 Å². The molecule has 3 rings (SSSR count). The molecule has 1 aliphatic heterocycles. The number of carbonyl (C=O) groups excluding carboxylic acids is 1. The maximum atomic E-state index is 12.3. The number of benzene rings is 1. The number of likely N-dealkylation sites (N-methyl/N-ethyl adjacent to an activating group) is 1. The molecule has 126 valence electrons. The number of hydrogen-bond donors (Lipinski definition) is 1. The van der Waals surface area contributed by atoms with Crippen LogP contribution < -0.4 is 5.32 Å². The van der Waals surface area contributed by atoms with Crippen LogP contribution in [0.1, 0.15) is 17.8 Å². The zero-order valence-corrected chi connectivity index (χ0v) is 13.9. The highest BCUT2D eigenvalue weighted by Crippen LogP contribution is 2.16. The van der Waals surface area contributed by atoms with Crippen LogP contribution in [0.15, 0.2) is 48.8 Å². The number of likely N-dealkylation sites (tertiary alicyclic amines) is 1. The second kappa shape index (κ2) is 7.88. The van der Waals surface area contributed by atoms with Crippen LogP contribution in [0.25, 0.3) is 0 Å². The van der Waals surface area contributed by atoms with Crippen molar-refractivity contribution in [2.45, 2.75) is 25.6 Å². The van der Waals surface area contributed by atoms with Gasteiger partial charge in [-0.3, -0.25) is 4.90 Å². The lowest BCUT2D eigenvalue weighted by atomic mass is 10.2. The van der Waals surface area contributed by atoms with Gasteiger partial charge in [0.15, 0.2) is 0 Å². The predicted molar refractivity (Wildman–Crippen MR) is 92.2 cm³/mol. The van der Waals surface area contributed by atoms with E-state index >= 15 is 0 Å². The highest BCUT2D eigenvalue weighted by atomic mass is 16.2. The minimum atomic E-state index is 0.00529. The minimum Gasteiger partial charge on any atom is -0.334 e. The zero-order chi connectivity index (χ0) is 16.8. The topological polar surface area (TPSA) is 61.4 Å². The largest absolute Gasteiger partial charge is 0.334 e. The third-order valence-electron chi connectivity index (χ3n) is 4.37. The average molecular weight is 325 g/mol. The molecule has 0 radical (unpaired) electrons. The van der Waals surface area contributed by atoms with Crippen LogP contribution in [0.3, 0.4) is 0 Å². The SMILES string of the molecule is CN(Cc1ncccn1)C1CCN(C(=O)NCc2ccccc2)C1. The van der Waals surface area contributed by atoms with Crippen molar-refractivity contribution in [3.8, 4) is 0 Å². The maximum Gasteiger partial charge on any atom is 0.317 e. The first-order valence-corrected chi connectivity index (χ1v) is 8.25. The summed E-state index contributed by atoms with van der Waals surface area (Å²) in [5.41, 5.74) is 1.11. The molecule has 1 aliphatic rings. The zero-order valence-electron chi connectivity index (χ0n) is 13.9. The van der Waals surface area contributed by atoms with Gasteiger partial charge in [0.25, 0.3) is 0 Å². The molecule has 1 fully saturated rings. The fourth-order valence-corrected chi connectivity index (χ4v) is 2.94. The van der Waals surface area contributed by atoms with E-state index in [1.54, 1.807) is 12.4 Å². The number of urea groups is 1. The molecule has 1 aromatic heterocycles. The molecule has 6 nitrogen and oxygen atoms in total. The van der Waals surface area contributed by atoms with Crippen LogP contribution in [0.5, 0.6) is 0 Å². The number of rotatable bonds is 5. The van der Waals surface area contributed by atoms with E-state index in [9.17, 15) is 4.79 Å². The van der Waals surface area contributed by atoms with Gasteiger partial charge in [-0.25, -0.2) is 14.8 Å². The van der Waals surface area contributed by atoms with Crippen LogP contribution in [-0.4, -0.2) is 52.0 Å². The Morgan fingerprint density at radius 1 is 1.25 bits per heavy atom. The van der Waals surface area contributed by atoms with Gasteiger partial charge in [-0.15, -0.1) is 0 Å². The summed E-state index contributed by atoms with van der Waals surface area (Å²) in [4.78, 5) is 24.9. The fourth-order valence-electron chi connectivity index (χ4n) is 2.94. The molecule has 1 unspecified atom stereocenters. The molecular formula is C18H23N5O. The van der Waals surface area contributed by atoms with E-state index in [2.05, 4.69) is 27.2 Å². The Morgan fingerprint density at radius 3 is 2.75 bits per heavy atom. The highest BCUT2D eigenvalue weighted by molar-refractivity contribution is 5.74. The molecule has 1 saturated heterocycles. The van der Waals surface area contributed by atoms with Gasteiger partial charge in [0.05, 0.1) is 6.54 Å². The molecule has 2 amide bonds. The number of carbonyl (C=O) groups is 1. The summed E-state index contributed by atoms with van der Waals surface area (Å²) in [5.74, 6) is 0.812. The molecule has 1 N–H and O–H groups in total. The predicted octanol–water partition coefficient (Wildman–Crippen LogP) is 1.89. The van der Waals surface area contributed by atoms with Crippen LogP contribution in [0.2, 0.25) is 0 Å².